The summed E-state index contributed by atoms with van der Waals surface area (Å²) >= 11 is 2.38. The van der Waals surface area contributed by atoms with Crippen LogP contribution in [0.1, 0.15) is 23.6 Å². The number of nitrogens with zero attached hydrogens (tertiary/aromatic N) is 1. The normalized spacial score (nSPS) is 20.9. The molecule has 0 radical (unpaired) electrons. The van der Waals surface area contributed by atoms with Crippen molar-refractivity contribution >= 4 is 34.2 Å². The van der Waals surface area contributed by atoms with E-state index in [1.807, 2.05) is 12.1 Å². The number of rotatable bonds is 2. The number of fused-ring (bicyclic) bond motifs is 1. The predicted octanol–water partition coefficient (Wildman–Crippen LogP) is 4.75. The highest BCUT2D eigenvalue weighted by atomic mass is 127. The Morgan fingerprint density at radius 3 is 2.50 bits per heavy atom. The number of benzene rings is 2. The summed E-state index contributed by atoms with van der Waals surface area (Å²) in [5, 5.41) is 0. The lowest BCUT2D eigenvalue weighted by Gasteiger charge is -2.34. The summed E-state index contributed by atoms with van der Waals surface area (Å²) in [6.07, 6.45) is 0. The van der Waals surface area contributed by atoms with E-state index in [2.05, 4.69) is 77.8 Å². The van der Waals surface area contributed by atoms with Crippen LogP contribution < -0.4 is 0 Å². The first-order chi connectivity index (χ1) is 9.62. The Hall–Kier alpha value is -1.36. The Morgan fingerprint density at radius 1 is 1.10 bits per heavy atom. The molecule has 102 valence electrons. The van der Waals surface area contributed by atoms with Crippen molar-refractivity contribution in [3.63, 3.8) is 0 Å². The van der Waals surface area contributed by atoms with Gasteiger partial charge in [-0.1, -0.05) is 58.5 Å². The first-order valence-electron chi connectivity index (χ1n) is 6.62. The monoisotopic (exact) mass is 377 g/mol. The number of ether oxygens (including phenoxy) is 1. The van der Waals surface area contributed by atoms with Gasteiger partial charge in [0.2, 0.25) is 5.90 Å². The van der Waals surface area contributed by atoms with Crippen LogP contribution in [0.2, 0.25) is 0 Å². The fourth-order valence-corrected chi connectivity index (χ4v) is 2.90. The molecule has 0 N–H and O–H groups in total. The van der Waals surface area contributed by atoms with E-state index in [4.69, 9.17) is 4.74 Å². The topological polar surface area (TPSA) is 21.6 Å². The lowest BCUT2D eigenvalue weighted by atomic mass is 9.94. The summed E-state index contributed by atoms with van der Waals surface area (Å²) < 4.78 is 7.10. The van der Waals surface area contributed by atoms with Gasteiger partial charge in [0.05, 0.1) is 5.69 Å². The van der Waals surface area contributed by atoms with E-state index in [0.29, 0.717) is 5.90 Å². The van der Waals surface area contributed by atoms with Crippen LogP contribution in [-0.2, 0) is 10.3 Å². The van der Waals surface area contributed by atoms with E-state index in [0.717, 1.165) is 21.2 Å². The number of halogens is 1. The van der Waals surface area contributed by atoms with Crippen LogP contribution in [0.15, 0.2) is 53.5 Å². The van der Waals surface area contributed by atoms with Gasteiger partial charge in [-0.25, -0.2) is 4.99 Å². The maximum Gasteiger partial charge on any atom is 0.222 e. The molecule has 0 bridgehead atoms. The first kappa shape index (κ1) is 13.6. The van der Waals surface area contributed by atoms with Crippen LogP contribution in [0, 0.1) is 6.92 Å². The van der Waals surface area contributed by atoms with Gasteiger partial charge in [0.15, 0.2) is 0 Å². The van der Waals surface area contributed by atoms with Gasteiger partial charge in [0.1, 0.15) is 5.60 Å². The number of para-hydroxylation sites is 1. The molecule has 1 aliphatic heterocycles. The second-order valence-corrected chi connectivity index (χ2v) is 6.03. The third-order valence-corrected chi connectivity index (χ3v) is 5.03. The van der Waals surface area contributed by atoms with Crippen LogP contribution >= 0.6 is 22.6 Å². The van der Waals surface area contributed by atoms with Crippen LogP contribution in [0.3, 0.4) is 0 Å². The van der Waals surface area contributed by atoms with Crippen molar-refractivity contribution < 1.29 is 4.74 Å². The lowest BCUT2D eigenvalue weighted by molar-refractivity contribution is 0.0999. The third kappa shape index (κ3) is 2.35. The Morgan fingerprint density at radius 2 is 1.80 bits per heavy atom. The average Bonchev–Trinajstić information content (AvgIpc) is 2.48. The summed E-state index contributed by atoms with van der Waals surface area (Å²) in [5.41, 5.74) is 4.11. The minimum absolute atomic E-state index is 0.320. The molecule has 0 spiro atoms. The molecule has 0 fully saturated rings. The molecular weight excluding hydrogens is 361 g/mol. The van der Waals surface area contributed by atoms with Crippen LogP contribution in [0.5, 0.6) is 0 Å². The summed E-state index contributed by atoms with van der Waals surface area (Å²) in [6.45, 7) is 4.21. The second kappa shape index (κ2) is 5.20. The number of aryl methyl sites for hydroxylation is 1. The highest BCUT2D eigenvalue weighted by molar-refractivity contribution is 14.1. The van der Waals surface area contributed by atoms with Gasteiger partial charge in [-0.05, 0) is 32.0 Å². The summed E-state index contributed by atoms with van der Waals surface area (Å²) in [7, 11) is 0. The fraction of sp³-hybridized carbons (Fsp3) is 0.235. The minimum Gasteiger partial charge on any atom is -0.465 e. The summed E-state index contributed by atoms with van der Waals surface area (Å²) in [6, 6.07) is 16.5. The molecule has 3 heteroatoms. The van der Waals surface area contributed by atoms with Crippen molar-refractivity contribution in [2.24, 2.45) is 4.99 Å². The molecule has 1 heterocycles. The van der Waals surface area contributed by atoms with Gasteiger partial charge < -0.3 is 4.74 Å². The largest absolute Gasteiger partial charge is 0.465 e. The van der Waals surface area contributed by atoms with E-state index in [1.54, 1.807) is 0 Å². The van der Waals surface area contributed by atoms with Gasteiger partial charge in [0.25, 0.3) is 0 Å². The number of aliphatic imine (C=N–C) groups is 1. The highest BCUT2D eigenvalue weighted by Gasteiger charge is 2.35. The quantitative estimate of drug-likeness (QED) is 0.547. The smallest absolute Gasteiger partial charge is 0.222 e. The maximum atomic E-state index is 6.22. The Balaban J connectivity index is 2.11. The van der Waals surface area contributed by atoms with Gasteiger partial charge >= 0.3 is 0 Å². The van der Waals surface area contributed by atoms with Gasteiger partial charge in [0, 0.05) is 15.6 Å². The molecular formula is C17H16INO. The average molecular weight is 377 g/mol. The van der Waals surface area contributed by atoms with E-state index in [1.165, 1.54) is 5.56 Å². The molecule has 20 heavy (non-hydrogen) atoms. The van der Waals surface area contributed by atoms with Gasteiger partial charge in [-0.3, -0.25) is 0 Å². The van der Waals surface area contributed by atoms with Crippen LogP contribution in [-0.4, -0.2) is 10.3 Å². The molecule has 0 saturated carbocycles. The SMILES string of the molecule is Cc1ccc(C2=Nc3ccccc3C(C)(CI)O2)cc1. The Kier molecular flexibility index (Phi) is 3.54. The molecule has 2 nitrogen and oxygen atoms in total. The number of hydrogen-bond donors (Lipinski definition) is 0. The van der Waals surface area contributed by atoms with Crippen molar-refractivity contribution in [3.8, 4) is 0 Å². The van der Waals surface area contributed by atoms with E-state index in [9.17, 15) is 0 Å². The first-order valence-corrected chi connectivity index (χ1v) is 8.15. The Labute approximate surface area is 133 Å². The predicted molar refractivity (Wildman–Crippen MR) is 91.1 cm³/mol. The number of hydrogen-bond acceptors (Lipinski definition) is 2. The van der Waals surface area contributed by atoms with E-state index < -0.39 is 0 Å². The van der Waals surface area contributed by atoms with E-state index >= 15 is 0 Å². The summed E-state index contributed by atoms with van der Waals surface area (Å²) in [4.78, 5) is 4.68. The maximum absolute atomic E-state index is 6.22. The summed E-state index contributed by atoms with van der Waals surface area (Å²) in [5.74, 6) is 0.711. The molecule has 1 unspecified atom stereocenters. The van der Waals surface area contributed by atoms with Crippen molar-refractivity contribution in [1.82, 2.24) is 0 Å². The molecule has 0 amide bonds. The van der Waals surface area contributed by atoms with Crippen molar-refractivity contribution in [2.75, 3.05) is 4.43 Å². The van der Waals surface area contributed by atoms with Crippen LogP contribution in [0.4, 0.5) is 5.69 Å². The molecule has 0 aliphatic carbocycles. The van der Waals surface area contributed by atoms with Gasteiger partial charge in [-0.15, -0.1) is 0 Å². The molecule has 2 aromatic rings. The molecule has 1 atom stereocenters. The molecule has 1 aliphatic rings. The minimum atomic E-state index is -0.320. The molecule has 0 saturated heterocycles. The van der Waals surface area contributed by atoms with Crippen molar-refractivity contribution in [1.29, 1.82) is 0 Å². The van der Waals surface area contributed by atoms with Crippen LogP contribution in [0.25, 0.3) is 0 Å². The van der Waals surface area contributed by atoms with E-state index in [-0.39, 0.29) is 5.60 Å². The fourth-order valence-electron chi connectivity index (χ4n) is 2.34. The highest BCUT2D eigenvalue weighted by Crippen LogP contribution is 2.39. The second-order valence-electron chi connectivity index (χ2n) is 5.27. The van der Waals surface area contributed by atoms with Crippen molar-refractivity contribution in [2.45, 2.75) is 19.4 Å². The molecule has 2 aromatic carbocycles. The molecule has 0 aromatic heterocycles. The van der Waals surface area contributed by atoms with Crippen molar-refractivity contribution in [3.05, 3.63) is 65.2 Å². The standard InChI is InChI=1S/C17H16INO/c1-12-7-9-13(10-8-12)16-19-15-6-4-3-5-14(15)17(2,11-18)20-16/h3-10H,11H2,1-2H3. The van der Waals surface area contributed by atoms with Gasteiger partial charge in [-0.2, -0.15) is 0 Å². The number of alkyl halides is 1. The Bertz CT molecular complexity index is 663. The zero-order valence-corrected chi connectivity index (χ0v) is 13.7. The zero-order valence-electron chi connectivity index (χ0n) is 11.6. The lowest BCUT2D eigenvalue weighted by Crippen LogP contribution is -2.33. The molecule has 3 rings (SSSR count). The zero-order chi connectivity index (χ0) is 14.2. The third-order valence-electron chi connectivity index (χ3n) is 3.57.